The Balaban J connectivity index is 1.38. The van der Waals surface area contributed by atoms with Crippen LogP contribution in [0.5, 0.6) is 0 Å². The number of azo groups is 1. The lowest BCUT2D eigenvalue weighted by Gasteiger charge is -2.01. The Hall–Kier alpha value is -4.90. The fourth-order valence-corrected chi connectivity index (χ4v) is 3.27. The highest BCUT2D eigenvalue weighted by atomic mass is 16.5. The van der Waals surface area contributed by atoms with Gasteiger partial charge in [-0.1, -0.05) is 89.8 Å². The lowest BCUT2D eigenvalue weighted by molar-refractivity contribution is -0.435. The van der Waals surface area contributed by atoms with Crippen LogP contribution in [0.4, 0.5) is 11.4 Å². The van der Waals surface area contributed by atoms with E-state index in [1.54, 1.807) is 84.9 Å². The van der Waals surface area contributed by atoms with Crippen LogP contribution >= 0.6 is 0 Å². The van der Waals surface area contributed by atoms with Gasteiger partial charge in [0.1, 0.15) is 5.69 Å². The number of allylic oxidation sites excluding steroid dienone is 2. The Morgan fingerprint density at radius 3 is 1.49 bits per heavy atom. The second kappa shape index (κ2) is 11.3. The maximum atomic E-state index is 12.5. The number of ketones is 2. The molecule has 0 saturated carbocycles. The minimum Gasteiger partial charge on any atom is -0.594 e. The van der Waals surface area contributed by atoms with Crippen LogP contribution in [0.2, 0.25) is 0 Å². The summed E-state index contributed by atoms with van der Waals surface area (Å²) in [6.45, 7) is 0. The first kappa shape index (κ1) is 23.3. The van der Waals surface area contributed by atoms with Gasteiger partial charge in [-0.15, -0.1) is 0 Å². The number of carbonyl (C=O) groups is 2. The van der Waals surface area contributed by atoms with Crippen molar-refractivity contribution in [3.8, 4) is 0 Å². The first-order valence-electron chi connectivity index (χ1n) is 11.0. The van der Waals surface area contributed by atoms with Gasteiger partial charge in [-0.25, -0.2) is 0 Å². The molecule has 0 atom stereocenters. The van der Waals surface area contributed by atoms with Crippen molar-refractivity contribution >= 4 is 35.1 Å². The molecular weight excluding hydrogens is 436 g/mol. The molecule has 0 aliphatic heterocycles. The van der Waals surface area contributed by atoms with Crippen molar-refractivity contribution in [1.82, 2.24) is 0 Å². The van der Waals surface area contributed by atoms with Crippen LogP contribution in [-0.2, 0) is 0 Å². The molecule has 0 aliphatic rings. The number of hydrogen-bond donors (Lipinski definition) is 0. The Labute approximate surface area is 203 Å². The second-order valence-corrected chi connectivity index (χ2v) is 7.68. The SMILES string of the molecule is O=C(/C=C/c1ccc(N=[N+]([O-])c2ccc(/C=C/C(=O)c3ccccc3)cc2)cc1)c1ccccc1. The molecule has 0 aromatic heterocycles. The normalized spacial score (nSPS) is 11.7. The van der Waals surface area contributed by atoms with Gasteiger partial charge in [-0.3, -0.25) is 9.59 Å². The molecule has 0 spiro atoms. The lowest BCUT2D eigenvalue weighted by atomic mass is 10.1. The average Bonchev–Trinajstić information content (AvgIpc) is 2.92. The predicted molar refractivity (Wildman–Crippen MR) is 138 cm³/mol. The maximum absolute atomic E-state index is 12.5. The lowest BCUT2D eigenvalue weighted by Crippen LogP contribution is -1.93. The molecule has 4 aromatic rings. The summed E-state index contributed by atoms with van der Waals surface area (Å²) in [5, 5.41) is 16.5. The van der Waals surface area contributed by atoms with E-state index in [1.165, 1.54) is 12.2 Å². The van der Waals surface area contributed by atoms with Gasteiger partial charge in [-0.05, 0) is 47.5 Å². The van der Waals surface area contributed by atoms with E-state index in [1.807, 2.05) is 36.4 Å². The van der Waals surface area contributed by atoms with Gasteiger partial charge in [0, 0.05) is 28.4 Å². The molecule has 35 heavy (non-hydrogen) atoms. The summed E-state index contributed by atoms with van der Waals surface area (Å²) in [6.07, 6.45) is 6.46. The third-order valence-corrected chi connectivity index (χ3v) is 5.18. The number of benzene rings is 4. The standard InChI is InChI=1S/C30H22N2O3/c33-29(25-7-3-1-4-8-25)21-15-23-11-17-27(18-12-23)31-32(35)28-19-13-24(14-20-28)16-22-30(34)26-9-5-2-6-10-26/h1-22H/b21-15+,22-16+,32-31?. The van der Waals surface area contributed by atoms with E-state index < -0.39 is 0 Å². The third kappa shape index (κ3) is 6.55. The molecule has 0 heterocycles. The topological polar surface area (TPSA) is 72.6 Å². The van der Waals surface area contributed by atoms with Crippen molar-refractivity contribution in [3.63, 3.8) is 0 Å². The van der Waals surface area contributed by atoms with Crippen LogP contribution in [0.25, 0.3) is 12.2 Å². The zero-order valence-electron chi connectivity index (χ0n) is 18.8. The summed E-state index contributed by atoms with van der Waals surface area (Å²) in [5.41, 5.74) is 3.73. The molecule has 4 rings (SSSR count). The van der Waals surface area contributed by atoms with Crippen LogP contribution in [0, 0.1) is 5.21 Å². The van der Waals surface area contributed by atoms with Crippen LogP contribution in [0.3, 0.4) is 0 Å². The zero-order valence-corrected chi connectivity index (χ0v) is 18.8. The summed E-state index contributed by atoms with van der Waals surface area (Å²) >= 11 is 0. The molecule has 0 N–H and O–H groups in total. The largest absolute Gasteiger partial charge is 0.594 e. The Morgan fingerprint density at radius 2 is 1.03 bits per heavy atom. The van der Waals surface area contributed by atoms with Gasteiger partial charge in [0.15, 0.2) is 11.6 Å². The molecule has 5 nitrogen and oxygen atoms in total. The molecule has 4 aromatic carbocycles. The van der Waals surface area contributed by atoms with Crippen molar-refractivity contribution in [1.29, 1.82) is 0 Å². The number of nitrogens with zero attached hydrogens (tertiary/aromatic N) is 2. The van der Waals surface area contributed by atoms with Gasteiger partial charge < -0.3 is 5.21 Å². The van der Waals surface area contributed by atoms with E-state index in [-0.39, 0.29) is 11.6 Å². The van der Waals surface area contributed by atoms with E-state index in [2.05, 4.69) is 5.11 Å². The molecule has 0 bridgehead atoms. The molecule has 0 unspecified atom stereocenters. The van der Waals surface area contributed by atoms with E-state index in [0.29, 0.717) is 27.4 Å². The van der Waals surface area contributed by atoms with E-state index in [0.717, 1.165) is 11.1 Å². The number of rotatable bonds is 8. The molecule has 0 radical (unpaired) electrons. The van der Waals surface area contributed by atoms with Crippen molar-refractivity contribution in [3.05, 3.63) is 149 Å². The summed E-state index contributed by atoms with van der Waals surface area (Å²) in [6, 6.07) is 31.9. The maximum Gasteiger partial charge on any atom is 0.244 e. The van der Waals surface area contributed by atoms with Gasteiger partial charge in [0.05, 0.1) is 0 Å². The average molecular weight is 459 g/mol. The minimum absolute atomic E-state index is 0.0761. The van der Waals surface area contributed by atoms with Crippen molar-refractivity contribution in [2.45, 2.75) is 0 Å². The van der Waals surface area contributed by atoms with Gasteiger partial charge in [-0.2, -0.15) is 0 Å². The molecule has 0 fully saturated rings. The van der Waals surface area contributed by atoms with Crippen molar-refractivity contribution in [2.75, 3.05) is 0 Å². The summed E-state index contributed by atoms with van der Waals surface area (Å²) in [5.74, 6) is -0.161. The Morgan fingerprint density at radius 1 is 0.600 bits per heavy atom. The Kier molecular flexibility index (Phi) is 7.51. The van der Waals surface area contributed by atoms with Crippen LogP contribution in [0.1, 0.15) is 31.8 Å². The van der Waals surface area contributed by atoms with Gasteiger partial charge in [0.2, 0.25) is 5.69 Å². The number of hydrogen-bond acceptors (Lipinski definition) is 4. The van der Waals surface area contributed by atoms with Gasteiger partial charge in [0.25, 0.3) is 0 Å². The fourth-order valence-electron chi connectivity index (χ4n) is 3.27. The molecule has 0 aliphatic carbocycles. The predicted octanol–water partition coefficient (Wildman–Crippen LogP) is 7.40. The monoisotopic (exact) mass is 458 g/mol. The van der Waals surface area contributed by atoms with Crippen LogP contribution in [0.15, 0.2) is 126 Å². The van der Waals surface area contributed by atoms with Crippen molar-refractivity contribution < 1.29 is 14.4 Å². The van der Waals surface area contributed by atoms with E-state index in [4.69, 9.17) is 0 Å². The molecule has 0 saturated heterocycles. The van der Waals surface area contributed by atoms with Crippen LogP contribution in [-0.4, -0.2) is 16.4 Å². The molecule has 5 heteroatoms. The Bertz CT molecular complexity index is 1390. The molecule has 0 amide bonds. The first-order chi connectivity index (χ1) is 17.1. The summed E-state index contributed by atoms with van der Waals surface area (Å²) < 4.78 is 0. The highest BCUT2D eigenvalue weighted by Crippen LogP contribution is 2.20. The van der Waals surface area contributed by atoms with Crippen LogP contribution < -0.4 is 0 Å². The van der Waals surface area contributed by atoms with E-state index in [9.17, 15) is 14.8 Å². The van der Waals surface area contributed by atoms with Gasteiger partial charge >= 0.3 is 0 Å². The fraction of sp³-hybridized carbons (Fsp3) is 0. The first-order valence-corrected chi connectivity index (χ1v) is 11.0. The van der Waals surface area contributed by atoms with E-state index >= 15 is 0 Å². The summed E-state index contributed by atoms with van der Waals surface area (Å²) in [7, 11) is 0. The highest BCUT2D eigenvalue weighted by molar-refractivity contribution is 6.07. The molecule has 170 valence electrons. The zero-order chi connectivity index (χ0) is 24.5. The quantitative estimate of drug-likeness (QED) is 0.0907. The molecular formula is C30H22N2O3. The summed E-state index contributed by atoms with van der Waals surface area (Å²) in [4.78, 5) is 24.9. The smallest absolute Gasteiger partial charge is 0.244 e. The number of carbonyl (C=O) groups excluding carboxylic acids is 2. The minimum atomic E-state index is -0.0853. The third-order valence-electron chi connectivity index (χ3n) is 5.18. The second-order valence-electron chi connectivity index (χ2n) is 7.68. The highest BCUT2D eigenvalue weighted by Gasteiger charge is 2.05. The van der Waals surface area contributed by atoms with Crippen molar-refractivity contribution in [2.24, 2.45) is 5.11 Å².